The third kappa shape index (κ3) is 4.70. The summed E-state index contributed by atoms with van der Waals surface area (Å²) in [5.41, 5.74) is -0.216. The average Bonchev–Trinajstić information content (AvgIpc) is 2.54. The minimum atomic E-state index is -4.37. The topological polar surface area (TPSA) is 42.4 Å². The van der Waals surface area contributed by atoms with E-state index in [4.69, 9.17) is 4.74 Å². The van der Waals surface area contributed by atoms with Crippen molar-refractivity contribution in [3.8, 4) is 5.75 Å². The van der Waals surface area contributed by atoms with Crippen molar-refractivity contribution >= 4 is 5.91 Å². The number of nitrogens with zero attached hydrogens (tertiary/aromatic N) is 2. The highest BCUT2D eigenvalue weighted by atomic mass is 19.4. The first-order valence-corrected chi connectivity index (χ1v) is 6.83. The van der Waals surface area contributed by atoms with Gasteiger partial charge in [0.15, 0.2) is 0 Å². The maximum atomic E-state index is 12.4. The number of hydrogen-bond donors (Lipinski definition) is 0. The van der Waals surface area contributed by atoms with Crippen molar-refractivity contribution in [2.45, 2.75) is 6.18 Å². The van der Waals surface area contributed by atoms with Crippen LogP contribution < -0.4 is 4.74 Å². The summed E-state index contributed by atoms with van der Waals surface area (Å²) in [7, 11) is 1.62. The van der Waals surface area contributed by atoms with E-state index in [0.717, 1.165) is 12.1 Å². The van der Waals surface area contributed by atoms with Gasteiger partial charge in [0.25, 0.3) is 5.91 Å². The van der Waals surface area contributed by atoms with Gasteiger partial charge in [-0.1, -0.05) is 0 Å². The van der Waals surface area contributed by atoms with Crippen molar-refractivity contribution in [1.29, 1.82) is 0 Å². The maximum absolute atomic E-state index is 12.4. The summed E-state index contributed by atoms with van der Waals surface area (Å²) in [5.74, 6) is 0.145. The van der Waals surface area contributed by atoms with Gasteiger partial charge in [-0.15, -0.1) is 0 Å². The number of halogens is 3. The normalized spacial score (nSPS) is 11.1. The van der Waals surface area contributed by atoms with Gasteiger partial charge in [-0.2, -0.15) is 13.2 Å². The highest BCUT2D eigenvalue weighted by Gasteiger charge is 2.30. The SMILES string of the molecule is CN(CCOc1ccc(C(F)(F)F)cc1)C(=O)c1ccncc1. The fourth-order valence-corrected chi connectivity index (χ4v) is 1.86. The molecule has 0 spiro atoms. The van der Waals surface area contributed by atoms with E-state index < -0.39 is 11.7 Å². The van der Waals surface area contributed by atoms with Crippen molar-refractivity contribution in [1.82, 2.24) is 9.88 Å². The lowest BCUT2D eigenvalue weighted by Gasteiger charge is -2.17. The predicted octanol–water partition coefficient (Wildman–Crippen LogP) is 3.25. The van der Waals surface area contributed by atoms with E-state index in [1.165, 1.54) is 29.4 Å². The Kier molecular flexibility index (Phi) is 5.20. The molecular weight excluding hydrogens is 309 g/mol. The first-order chi connectivity index (χ1) is 10.9. The third-order valence-corrected chi connectivity index (χ3v) is 3.15. The molecule has 0 N–H and O–H groups in total. The summed E-state index contributed by atoms with van der Waals surface area (Å²) in [6, 6.07) is 7.65. The number of carbonyl (C=O) groups is 1. The number of aromatic nitrogens is 1. The molecule has 1 aromatic carbocycles. The lowest BCUT2D eigenvalue weighted by molar-refractivity contribution is -0.137. The van der Waals surface area contributed by atoms with E-state index in [2.05, 4.69) is 4.98 Å². The van der Waals surface area contributed by atoms with Gasteiger partial charge in [-0.3, -0.25) is 9.78 Å². The number of hydrogen-bond acceptors (Lipinski definition) is 3. The monoisotopic (exact) mass is 324 g/mol. The molecule has 0 atom stereocenters. The zero-order chi connectivity index (χ0) is 16.9. The number of alkyl halides is 3. The Bertz CT molecular complexity index is 643. The third-order valence-electron chi connectivity index (χ3n) is 3.15. The molecule has 0 bridgehead atoms. The van der Waals surface area contributed by atoms with Crippen molar-refractivity contribution in [3.05, 3.63) is 59.9 Å². The van der Waals surface area contributed by atoms with Crippen LogP contribution >= 0.6 is 0 Å². The molecule has 122 valence electrons. The predicted molar refractivity (Wildman–Crippen MR) is 78.1 cm³/mol. The van der Waals surface area contributed by atoms with Gasteiger partial charge in [-0.25, -0.2) is 0 Å². The van der Waals surface area contributed by atoms with Gasteiger partial charge >= 0.3 is 6.18 Å². The zero-order valence-electron chi connectivity index (χ0n) is 12.4. The zero-order valence-corrected chi connectivity index (χ0v) is 12.4. The van der Waals surface area contributed by atoms with Gasteiger partial charge in [-0.05, 0) is 36.4 Å². The second-order valence-corrected chi connectivity index (χ2v) is 4.83. The largest absolute Gasteiger partial charge is 0.492 e. The summed E-state index contributed by atoms with van der Waals surface area (Å²) < 4.78 is 42.7. The Morgan fingerprint density at radius 3 is 2.30 bits per heavy atom. The van der Waals surface area contributed by atoms with Crippen molar-refractivity contribution in [2.75, 3.05) is 20.2 Å². The summed E-state index contributed by atoms with van der Waals surface area (Å²) in [6.45, 7) is 0.487. The van der Waals surface area contributed by atoms with Gasteiger partial charge in [0.2, 0.25) is 0 Å². The molecule has 0 unspecified atom stereocenters. The van der Waals surface area contributed by atoms with Crippen LogP contribution in [0.25, 0.3) is 0 Å². The summed E-state index contributed by atoms with van der Waals surface area (Å²) >= 11 is 0. The molecule has 23 heavy (non-hydrogen) atoms. The molecule has 0 aliphatic carbocycles. The molecule has 0 saturated carbocycles. The van der Waals surface area contributed by atoms with Gasteiger partial charge < -0.3 is 9.64 Å². The first kappa shape index (κ1) is 16.8. The van der Waals surface area contributed by atoms with Crippen LogP contribution in [0.3, 0.4) is 0 Å². The lowest BCUT2D eigenvalue weighted by atomic mass is 10.2. The highest BCUT2D eigenvalue weighted by molar-refractivity contribution is 5.93. The van der Waals surface area contributed by atoms with E-state index in [1.807, 2.05) is 0 Å². The number of carbonyl (C=O) groups excluding carboxylic acids is 1. The van der Waals surface area contributed by atoms with Crippen LogP contribution in [0.1, 0.15) is 15.9 Å². The first-order valence-electron chi connectivity index (χ1n) is 6.83. The van der Waals surface area contributed by atoms with Gasteiger partial charge in [0.1, 0.15) is 12.4 Å². The molecule has 1 aromatic heterocycles. The van der Waals surface area contributed by atoms with Crippen LogP contribution in [-0.4, -0.2) is 36.0 Å². The molecule has 0 saturated heterocycles. The number of pyridine rings is 1. The van der Waals surface area contributed by atoms with Gasteiger partial charge in [0, 0.05) is 25.0 Å². The Labute approximate surface area is 131 Å². The molecule has 7 heteroatoms. The number of amides is 1. The minimum absolute atomic E-state index is 0.177. The Hall–Kier alpha value is -2.57. The molecule has 0 aliphatic rings. The Balaban J connectivity index is 1.84. The molecule has 0 aliphatic heterocycles. The van der Waals surface area contributed by atoms with E-state index in [1.54, 1.807) is 19.2 Å². The number of likely N-dealkylation sites (N-methyl/N-ethyl adjacent to an activating group) is 1. The number of benzene rings is 1. The maximum Gasteiger partial charge on any atom is 0.416 e. The van der Waals surface area contributed by atoms with Crippen molar-refractivity contribution < 1.29 is 22.7 Å². The number of ether oxygens (including phenoxy) is 1. The molecule has 2 aromatic rings. The molecule has 1 amide bonds. The molecule has 2 rings (SSSR count). The van der Waals surface area contributed by atoms with Crippen LogP contribution in [0.15, 0.2) is 48.8 Å². The van der Waals surface area contributed by atoms with Gasteiger partial charge in [0.05, 0.1) is 12.1 Å². The van der Waals surface area contributed by atoms with Crippen molar-refractivity contribution in [2.24, 2.45) is 0 Å². The van der Waals surface area contributed by atoms with Crippen LogP contribution in [-0.2, 0) is 6.18 Å². The van der Waals surface area contributed by atoms with Crippen LogP contribution in [0.5, 0.6) is 5.75 Å². The van der Waals surface area contributed by atoms with Crippen molar-refractivity contribution in [3.63, 3.8) is 0 Å². The summed E-state index contributed by atoms with van der Waals surface area (Å²) in [5, 5.41) is 0. The summed E-state index contributed by atoms with van der Waals surface area (Å²) in [6.07, 6.45) is -1.31. The molecule has 0 fully saturated rings. The molecule has 0 radical (unpaired) electrons. The Morgan fingerprint density at radius 2 is 1.74 bits per heavy atom. The van der Waals surface area contributed by atoms with E-state index in [-0.39, 0.29) is 12.5 Å². The lowest BCUT2D eigenvalue weighted by Crippen LogP contribution is -2.30. The minimum Gasteiger partial charge on any atom is -0.492 e. The van der Waals surface area contributed by atoms with Crippen LogP contribution in [0.4, 0.5) is 13.2 Å². The standard InChI is InChI=1S/C16H15F3N2O2/c1-21(15(22)12-6-8-20-9-7-12)10-11-23-14-4-2-13(3-5-14)16(17,18)19/h2-9H,10-11H2,1H3. The summed E-state index contributed by atoms with van der Waals surface area (Å²) in [4.78, 5) is 17.4. The molecular formula is C16H15F3N2O2. The number of rotatable bonds is 5. The van der Waals surface area contributed by atoms with E-state index in [9.17, 15) is 18.0 Å². The van der Waals surface area contributed by atoms with Crippen LogP contribution in [0, 0.1) is 0 Å². The Morgan fingerprint density at radius 1 is 1.13 bits per heavy atom. The molecule has 4 nitrogen and oxygen atoms in total. The highest BCUT2D eigenvalue weighted by Crippen LogP contribution is 2.30. The second kappa shape index (κ2) is 7.13. The average molecular weight is 324 g/mol. The second-order valence-electron chi connectivity index (χ2n) is 4.83. The smallest absolute Gasteiger partial charge is 0.416 e. The van der Waals surface area contributed by atoms with E-state index >= 15 is 0 Å². The molecule has 1 heterocycles. The van der Waals surface area contributed by atoms with E-state index in [0.29, 0.717) is 17.9 Å². The fraction of sp³-hybridized carbons (Fsp3) is 0.250. The van der Waals surface area contributed by atoms with Crippen LogP contribution in [0.2, 0.25) is 0 Å². The quantitative estimate of drug-likeness (QED) is 0.848. The fourth-order valence-electron chi connectivity index (χ4n) is 1.86.